The maximum Gasteiger partial charge on any atom is 0.152 e. The molecule has 2 aromatic heterocycles. The van der Waals surface area contributed by atoms with E-state index in [0.717, 1.165) is 36.1 Å². The van der Waals surface area contributed by atoms with Gasteiger partial charge in [0, 0.05) is 18.8 Å². The van der Waals surface area contributed by atoms with Crippen LogP contribution in [-0.2, 0) is 13.1 Å². The molecule has 2 heterocycles. The highest BCUT2D eigenvalue weighted by Crippen LogP contribution is 2.31. The minimum atomic E-state index is 0.660. The molecule has 1 fully saturated rings. The van der Waals surface area contributed by atoms with Crippen LogP contribution in [0.1, 0.15) is 31.1 Å². The van der Waals surface area contributed by atoms with Gasteiger partial charge in [0.25, 0.3) is 0 Å². The minimum absolute atomic E-state index is 0.660. The third-order valence-corrected chi connectivity index (χ3v) is 4.47. The number of ether oxygens (including phenoxy) is 1. The Bertz CT molecular complexity index is 789. The topological polar surface area (TPSA) is 54.3 Å². The first-order valence-corrected chi connectivity index (χ1v) is 8.86. The Morgan fingerprint density at radius 1 is 1.12 bits per heavy atom. The van der Waals surface area contributed by atoms with Gasteiger partial charge in [0.1, 0.15) is 17.2 Å². The van der Waals surface area contributed by atoms with Crippen LogP contribution in [-0.4, -0.2) is 27.7 Å². The summed E-state index contributed by atoms with van der Waals surface area (Å²) in [6, 6.07) is 15.0. The number of H-pyrrole nitrogens is 1. The molecule has 1 N–H and O–H groups in total. The number of nitrogens with one attached hydrogen (secondary N) is 1. The fourth-order valence-electron chi connectivity index (χ4n) is 3.05. The highest BCUT2D eigenvalue weighted by Gasteiger charge is 2.29. The lowest BCUT2D eigenvalue weighted by atomic mass is 10.2. The number of benzene rings is 1. The number of rotatable bonds is 8. The SMILES string of the molecule is CCOc1ccc(CN(Cc2ccc(-c3ccn[nH]3)o2)C2CC2)cc1. The van der Waals surface area contributed by atoms with Crippen LogP contribution in [0.5, 0.6) is 5.75 Å². The Morgan fingerprint density at radius 3 is 2.64 bits per heavy atom. The van der Waals surface area contributed by atoms with Gasteiger partial charge in [-0.2, -0.15) is 5.10 Å². The van der Waals surface area contributed by atoms with Crippen molar-refractivity contribution in [1.82, 2.24) is 15.1 Å². The smallest absolute Gasteiger partial charge is 0.152 e. The molecule has 0 amide bonds. The Labute approximate surface area is 147 Å². The van der Waals surface area contributed by atoms with Crippen molar-refractivity contribution in [3.05, 3.63) is 60.0 Å². The number of hydrogen-bond acceptors (Lipinski definition) is 4. The zero-order valence-corrected chi connectivity index (χ0v) is 14.4. The average Bonchev–Trinajstić information content (AvgIpc) is 3.13. The predicted molar refractivity (Wildman–Crippen MR) is 96.2 cm³/mol. The molecular weight excluding hydrogens is 314 g/mol. The van der Waals surface area contributed by atoms with Crippen LogP contribution in [0.3, 0.4) is 0 Å². The van der Waals surface area contributed by atoms with Crippen molar-refractivity contribution in [2.75, 3.05) is 6.61 Å². The summed E-state index contributed by atoms with van der Waals surface area (Å²) in [5, 5.41) is 6.92. The first kappa shape index (κ1) is 16.0. The van der Waals surface area contributed by atoms with E-state index in [2.05, 4.69) is 33.3 Å². The van der Waals surface area contributed by atoms with E-state index in [1.54, 1.807) is 6.20 Å². The zero-order chi connectivity index (χ0) is 17.1. The monoisotopic (exact) mass is 337 g/mol. The van der Waals surface area contributed by atoms with Crippen molar-refractivity contribution in [2.45, 2.75) is 38.9 Å². The summed E-state index contributed by atoms with van der Waals surface area (Å²) < 4.78 is 11.5. The van der Waals surface area contributed by atoms with Crippen molar-refractivity contribution in [3.63, 3.8) is 0 Å². The lowest BCUT2D eigenvalue weighted by Crippen LogP contribution is -2.24. The van der Waals surface area contributed by atoms with E-state index in [1.807, 2.05) is 31.2 Å². The van der Waals surface area contributed by atoms with E-state index < -0.39 is 0 Å². The Hall–Kier alpha value is -2.53. The van der Waals surface area contributed by atoms with Gasteiger partial charge in [-0.3, -0.25) is 10.00 Å². The first-order valence-electron chi connectivity index (χ1n) is 8.86. The first-order chi connectivity index (χ1) is 12.3. The van der Waals surface area contributed by atoms with Gasteiger partial charge in [-0.1, -0.05) is 12.1 Å². The second-order valence-electron chi connectivity index (χ2n) is 6.45. The molecule has 0 saturated heterocycles. The predicted octanol–water partition coefficient (Wildman–Crippen LogP) is 4.23. The fraction of sp³-hybridized carbons (Fsp3) is 0.350. The Morgan fingerprint density at radius 2 is 1.96 bits per heavy atom. The van der Waals surface area contributed by atoms with Gasteiger partial charge in [0.05, 0.1) is 13.2 Å². The van der Waals surface area contributed by atoms with E-state index in [-0.39, 0.29) is 0 Å². The molecule has 0 atom stereocenters. The van der Waals surface area contributed by atoms with Crippen LogP contribution in [0.4, 0.5) is 0 Å². The van der Waals surface area contributed by atoms with Crippen LogP contribution in [0.15, 0.2) is 53.1 Å². The molecule has 0 spiro atoms. The summed E-state index contributed by atoms with van der Waals surface area (Å²) in [4.78, 5) is 2.49. The third kappa shape index (κ3) is 3.94. The van der Waals surface area contributed by atoms with Crippen molar-refractivity contribution in [2.24, 2.45) is 0 Å². The summed E-state index contributed by atoms with van der Waals surface area (Å²) in [7, 11) is 0. The summed E-state index contributed by atoms with van der Waals surface area (Å²) in [5.74, 6) is 2.76. The van der Waals surface area contributed by atoms with Crippen LogP contribution in [0, 0.1) is 0 Å². The molecule has 1 aliphatic carbocycles. The number of furan rings is 1. The standard InChI is InChI=1S/C20H23N3O2/c1-2-24-17-7-3-15(4-8-17)13-23(16-5-6-16)14-18-9-10-20(25-18)19-11-12-21-22-19/h3-4,7-12,16H,2,5-6,13-14H2,1H3,(H,21,22). The largest absolute Gasteiger partial charge is 0.494 e. The highest BCUT2D eigenvalue weighted by atomic mass is 16.5. The molecule has 1 saturated carbocycles. The van der Waals surface area contributed by atoms with Crippen molar-refractivity contribution < 1.29 is 9.15 Å². The molecule has 130 valence electrons. The summed E-state index contributed by atoms with van der Waals surface area (Å²) >= 11 is 0. The van der Waals surface area contributed by atoms with E-state index in [1.165, 1.54) is 18.4 Å². The van der Waals surface area contributed by atoms with E-state index in [0.29, 0.717) is 12.6 Å². The van der Waals surface area contributed by atoms with Gasteiger partial charge in [-0.15, -0.1) is 0 Å². The molecule has 3 aromatic rings. The minimum Gasteiger partial charge on any atom is -0.494 e. The van der Waals surface area contributed by atoms with E-state index in [4.69, 9.17) is 9.15 Å². The van der Waals surface area contributed by atoms with Crippen molar-refractivity contribution >= 4 is 0 Å². The van der Waals surface area contributed by atoms with Gasteiger partial charge < -0.3 is 9.15 Å². The van der Waals surface area contributed by atoms with Gasteiger partial charge in [-0.25, -0.2) is 0 Å². The number of hydrogen-bond donors (Lipinski definition) is 1. The number of nitrogens with zero attached hydrogens (tertiary/aromatic N) is 2. The van der Waals surface area contributed by atoms with Crippen molar-refractivity contribution in [1.29, 1.82) is 0 Å². The van der Waals surface area contributed by atoms with Crippen LogP contribution in [0.25, 0.3) is 11.5 Å². The quantitative estimate of drug-likeness (QED) is 0.668. The van der Waals surface area contributed by atoms with Gasteiger partial charge in [-0.05, 0) is 55.7 Å². The molecular formula is C20H23N3O2. The molecule has 0 unspecified atom stereocenters. The van der Waals surface area contributed by atoms with Gasteiger partial charge in [0.15, 0.2) is 5.76 Å². The zero-order valence-electron chi connectivity index (χ0n) is 14.4. The molecule has 5 nitrogen and oxygen atoms in total. The lowest BCUT2D eigenvalue weighted by molar-refractivity contribution is 0.226. The maximum atomic E-state index is 5.99. The fourth-order valence-corrected chi connectivity index (χ4v) is 3.05. The molecule has 4 rings (SSSR count). The molecule has 0 bridgehead atoms. The Balaban J connectivity index is 1.43. The molecule has 1 aliphatic rings. The van der Waals surface area contributed by atoms with Crippen LogP contribution < -0.4 is 4.74 Å². The second kappa shape index (κ2) is 7.15. The second-order valence-corrected chi connectivity index (χ2v) is 6.45. The number of aromatic nitrogens is 2. The molecule has 1 aromatic carbocycles. The Kier molecular flexibility index (Phi) is 4.57. The van der Waals surface area contributed by atoms with E-state index >= 15 is 0 Å². The van der Waals surface area contributed by atoms with Gasteiger partial charge >= 0.3 is 0 Å². The molecule has 0 radical (unpaired) electrons. The summed E-state index contributed by atoms with van der Waals surface area (Å²) in [5.41, 5.74) is 2.21. The van der Waals surface area contributed by atoms with Crippen LogP contribution >= 0.6 is 0 Å². The lowest BCUT2D eigenvalue weighted by Gasteiger charge is -2.21. The van der Waals surface area contributed by atoms with Gasteiger partial charge in [0.2, 0.25) is 0 Å². The average molecular weight is 337 g/mol. The normalized spacial score (nSPS) is 14.2. The van der Waals surface area contributed by atoms with Crippen molar-refractivity contribution in [3.8, 4) is 17.2 Å². The summed E-state index contributed by atoms with van der Waals surface area (Å²) in [6.45, 7) is 4.46. The number of aromatic amines is 1. The summed E-state index contributed by atoms with van der Waals surface area (Å²) in [6.07, 6.45) is 4.27. The maximum absolute atomic E-state index is 5.99. The molecule has 25 heavy (non-hydrogen) atoms. The van der Waals surface area contributed by atoms with Crippen LogP contribution in [0.2, 0.25) is 0 Å². The molecule has 5 heteroatoms. The molecule has 0 aliphatic heterocycles. The highest BCUT2D eigenvalue weighted by molar-refractivity contribution is 5.51. The van der Waals surface area contributed by atoms with E-state index in [9.17, 15) is 0 Å². The third-order valence-electron chi connectivity index (χ3n) is 4.47.